The van der Waals surface area contributed by atoms with Crippen LogP contribution >= 0.6 is 11.6 Å². The number of carbonyl (C=O) groups excluding carboxylic acids is 1. The molecule has 5 heteroatoms. The van der Waals surface area contributed by atoms with Crippen molar-refractivity contribution in [2.75, 3.05) is 6.54 Å². The highest BCUT2D eigenvalue weighted by Crippen LogP contribution is 2.19. The number of furan rings is 1. The van der Waals surface area contributed by atoms with E-state index in [0.29, 0.717) is 17.3 Å². The van der Waals surface area contributed by atoms with Gasteiger partial charge in [-0.05, 0) is 24.1 Å². The summed E-state index contributed by atoms with van der Waals surface area (Å²) in [5.74, 6) is -0.106. The molecule has 3 rings (SSSR count). The number of halogens is 1. The fraction of sp³-hybridized carbons (Fsp3) is 0.188. The molecule has 2 heterocycles. The van der Waals surface area contributed by atoms with Crippen LogP contribution in [0.1, 0.15) is 16.1 Å². The molecule has 0 atom stereocenters. The minimum atomic E-state index is -0.106. The van der Waals surface area contributed by atoms with E-state index in [4.69, 9.17) is 16.0 Å². The van der Waals surface area contributed by atoms with Gasteiger partial charge in [-0.3, -0.25) is 4.79 Å². The van der Waals surface area contributed by atoms with Gasteiger partial charge in [-0.2, -0.15) is 0 Å². The van der Waals surface area contributed by atoms with Crippen LogP contribution in [0.2, 0.25) is 5.02 Å². The van der Waals surface area contributed by atoms with Gasteiger partial charge in [0.1, 0.15) is 5.69 Å². The van der Waals surface area contributed by atoms with Crippen molar-refractivity contribution in [2.45, 2.75) is 6.42 Å². The second-order valence-electron chi connectivity index (χ2n) is 4.89. The van der Waals surface area contributed by atoms with Crippen LogP contribution < -0.4 is 5.32 Å². The Morgan fingerprint density at radius 3 is 2.95 bits per heavy atom. The van der Waals surface area contributed by atoms with Gasteiger partial charge in [0, 0.05) is 30.7 Å². The Balaban J connectivity index is 1.64. The molecular weight excluding hydrogens is 288 g/mol. The fourth-order valence-corrected chi connectivity index (χ4v) is 2.58. The molecule has 21 heavy (non-hydrogen) atoms. The molecule has 1 N–H and O–H groups in total. The average molecular weight is 303 g/mol. The molecule has 0 fully saturated rings. The summed E-state index contributed by atoms with van der Waals surface area (Å²) in [6.45, 7) is 0.561. The SMILES string of the molecule is Cn1c(C(=O)NCCc2cccc(Cl)c2)cc2occc21. The van der Waals surface area contributed by atoms with Crippen LogP contribution in [0.3, 0.4) is 0 Å². The number of carbonyl (C=O) groups is 1. The van der Waals surface area contributed by atoms with Crippen molar-refractivity contribution in [3.8, 4) is 0 Å². The van der Waals surface area contributed by atoms with Crippen molar-refractivity contribution >= 4 is 28.6 Å². The number of aryl methyl sites for hydroxylation is 1. The summed E-state index contributed by atoms with van der Waals surface area (Å²) in [6, 6.07) is 11.2. The van der Waals surface area contributed by atoms with E-state index in [1.54, 1.807) is 12.3 Å². The van der Waals surface area contributed by atoms with Crippen molar-refractivity contribution in [3.63, 3.8) is 0 Å². The quantitative estimate of drug-likeness (QED) is 0.803. The Morgan fingerprint density at radius 2 is 2.19 bits per heavy atom. The Labute approximate surface area is 127 Å². The molecule has 0 radical (unpaired) electrons. The lowest BCUT2D eigenvalue weighted by Crippen LogP contribution is -2.27. The average Bonchev–Trinajstić information content (AvgIpc) is 3.02. The first-order valence-corrected chi connectivity index (χ1v) is 7.08. The zero-order valence-electron chi connectivity index (χ0n) is 11.6. The second-order valence-corrected chi connectivity index (χ2v) is 5.33. The van der Waals surface area contributed by atoms with Crippen LogP contribution in [-0.2, 0) is 13.5 Å². The fourth-order valence-electron chi connectivity index (χ4n) is 2.37. The maximum atomic E-state index is 12.2. The number of hydrogen-bond donors (Lipinski definition) is 1. The van der Waals surface area contributed by atoms with E-state index >= 15 is 0 Å². The number of aromatic nitrogens is 1. The van der Waals surface area contributed by atoms with Crippen molar-refractivity contribution in [3.05, 3.63) is 58.9 Å². The highest BCUT2D eigenvalue weighted by molar-refractivity contribution is 6.30. The summed E-state index contributed by atoms with van der Waals surface area (Å²) in [7, 11) is 1.85. The molecule has 0 bridgehead atoms. The van der Waals surface area contributed by atoms with Gasteiger partial charge in [0.25, 0.3) is 5.91 Å². The van der Waals surface area contributed by atoms with E-state index < -0.39 is 0 Å². The Bertz CT molecular complexity index is 789. The van der Waals surface area contributed by atoms with Crippen LogP contribution in [0.15, 0.2) is 47.1 Å². The maximum absolute atomic E-state index is 12.2. The first-order valence-electron chi connectivity index (χ1n) is 6.71. The van der Waals surface area contributed by atoms with E-state index in [2.05, 4.69) is 5.32 Å². The molecule has 0 saturated carbocycles. The molecule has 0 spiro atoms. The molecule has 0 unspecified atom stereocenters. The van der Waals surface area contributed by atoms with Crippen LogP contribution in [-0.4, -0.2) is 17.0 Å². The van der Waals surface area contributed by atoms with Crippen molar-refractivity contribution < 1.29 is 9.21 Å². The van der Waals surface area contributed by atoms with E-state index in [0.717, 1.165) is 23.1 Å². The van der Waals surface area contributed by atoms with Gasteiger partial charge >= 0.3 is 0 Å². The van der Waals surface area contributed by atoms with Gasteiger partial charge in [-0.25, -0.2) is 0 Å². The van der Waals surface area contributed by atoms with Gasteiger partial charge in [0.15, 0.2) is 5.58 Å². The topological polar surface area (TPSA) is 47.2 Å². The molecule has 108 valence electrons. The first-order chi connectivity index (χ1) is 10.1. The summed E-state index contributed by atoms with van der Waals surface area (Å²) >= 11 is 5.93. The standard InChI is InChI=1S/C16H15ClN2O2/c1-19-13-6-8-21-15(13)10-14(19)16(20)18-7-5-11-3-2-4-12(17)9-11/h2-4,6,8-10H,5,7H2,1H3,(H,18,20). The summed E-state index contributed by atoms with van der Waals surface area (Å²) in [5.41, 5.74) is 3.33. The highest BCUT2D eigenvalue weighted by Gasteiger charge is 2.14. The number of amides is 1. The smallest absolute Gasteiger partial charge is 0.268 e. The predicted molar refractivity (Wildman–Crippen MR) is 82.7 cm³/mol. The lowest BCUT2D eigenvalue weighted by molar-refractivity contribution is 0.0946. The molecule has 4 nitrogen and oxygen atoms in total. The van der Waals surface area contributed by atoms with Crippen LogP contribution in [0.4, 0.5) is 0 Å². The summed E-state index contributed by atoms with van der Waals surface area (Å²) in [5, 5.41) is 3.62. The molecule has 0 saturated heterocycles. The first kappa shape index (κ1) is 13.8. The molecule has 1 aromatic carbocycles. The van der Waals surface area contributed by atoms with E-state index in [1.165, 1.54) is 0 Å². The monoisotopic (exact) mass is 302 g/mol. The van der Waals surface area contributed by atoms with E-state index in [1.807, 2.05) is 41.9 Å². The number of nitrogens with zero attached hydrogens (tertiary/aromatic N) is 1. The van der Waals surface area contributed by atoms with E-state index in [9.17, 15) is 4.79 Å². The lowest BCUT2D eigenvalue weighted by Gasteiger charge is -2.06. The third-order valence-electron chi connectivity index (χ3n) is 3.48. The second kappa shape index (κ2) is 5.66. The van der Waals surface area contributed by atoms with Crippen molar-refractivity contribution in [2.24, 2.45) is 7.05 Å². The Morgan fingerprint density at radius 1 is 1.33 bits per heavy atom. The van der Waals surface area contributed by atoms with Crippen molar-refractivity contribution in [1.82, 2.24) is 9.88 Å². The normalized spacial score (nSPS) is 11.0. The molecule has 0 aliphatic carbocycles. The molecule has 0 aliphatic heterocycles. The number of benzene rings is 1. The van der Waals surface area contributed by atoms with Crippen molar-refractivity contribution in [1.29, 1.82) is 0 Å². The van der Waals surface area contributed by atoms with Gasteiger partial charge in [0.2, 0.25) is 0 Å². The minimum Gasteiger partial charge on any atom is -0.463 e. The van der Waals surface area contributed by atoms with Crippen LogP contribution in [0.25, 0.3) is 11.1 Å². The number of hydrogen-bond acceptors (Lipinski definition) is 2. The van der Waals surface area contributed by atoms with Crippen LogP contribution in [0.5, 0.6) is 0 Å². The number of rotatable bonds is 4. The molecule has 3 aromatic rings. The summed E-state index contributed by atoms with van der Waals surface area (Å²) in [4.78, 5) is 12.2. The Hall–Kier alpha value is -2.20. The molecule has 2 aromatic heterocycles. The van der Waals surface area contributed by atoms with Gasteiger partial charge in [0.05, 0.1) is 11.8 Å². The third-order valence-corrected chi connectivity index (χ3v) is 3.72. The highest BCUT2D eigenvalue weighted by atomic mass is 35.5. The predicted octanol–water partition coefficient (Wildman–Crippen LogP) is 3.40. The van der Waals surface area contributed by atoms with Gasteiger partial charge < -0.3 is 14.3 Å². The zero-order chi connectivity index (χ0) is 14.8. The lowest BCUT2D eigenvalue weighted by atomic mass is 10.1. The largest absolute Gasteiger partial charge is 0.463 e. The van der Waals surface area contributed by atoms with Gasteiger partial charge in [-0.15, -0.1) is 0 Å². The van der Waals surface area contributed by atoms with Gasteiger partial charge in [-0.1, -0.05) is 23.7 Å². The molecular formula is C16H15ClN2O2. The number of fused-ring (bicyclic) bond motifs is 1. The molecule has 0 aliphatic rings. The summed E-state index contributed by atoms with van der Waals surface area (Å²) < 4.78 is 7.13. The van der Waals surface area contributed by atoms with E-state index in [-0.39, 0.29) is 5.91 Å². The number of nitrogens with one attached hydrogen (secondary N) is 1. The third kappa shape index (κ3) is 2.81. The Kier molecular flexibility index (Phi) is 3.71. The maximum Gasteiger partial charge on any atom is 0.268 e. The van der Waals surface area contributed by atoms with Crippen LogP contribution in [0, 0.1) is 0 Å². The zero-order valence-corrected chi connectivity index (χ0v) is 12.4. The molecule has 1 amide bonds. The minimum absolute atomic E-state index is 0.106. The summed E-state index contributed by atoms with van der Waals surface area (Å²) in [6.07, 6.45) is 2.36.